The van der Waals surface area contributed by atoms with Crippen LogP contribution in [0.25, 0.3) is 0 Å². The van der Waals surface area contributed by atoms with Gasteiger partial charge < -0.3 is 9.84 Å². The van der Waals surface area contributed by atoms with Crippen molar-refractivity contribution in [3.63, 3.8) is 0 Å². The summed E-state index contributed by atoms with van der Waals surface area (Å²) < 4.78 is 5.65. The summed E-state index contributed by atoms with van der Waals surface area (Å²) in [6.45, 7) is 1.48. The number of ether oxygens (including phenoxy) is 1. The highest BCUT2D eigenvalue weighted by Gasteiger charge is 2.05. The predicted molar refractivity (Wildman–Crippen MR) is 86.0 cm³/mol. The molecule has 0 saturated heterocycles. The summed E-state index contributed by atoms with van der Waals surface area (Å²) in [4.78, 5) is 0. The van der Waals surface area contributed by atoms with Crippen LogP contribution in [0.15, 0.2) is 60.7 Å². The number of rotatable bonds is 9. The Kier molecular flexibility index (Phi) is 6.99. The fourth-order valence-electron chi connectivity index (χ4n) is 2.32. The van der Waals surface area contributed by atoms with Crippen molar-refractivity contribution in [3.8, 4) is 0 Å². The quantitative estimate of drug-likeness (QED) is 0.687. The fourth-order valence-corrected chi connectivity index (χ4v) is 2.32. The Morgan fingerprint density at radius 2 is 1.48 bits per heavy atom. The van der Waals surface area contributed by atoms with Crippen LogP contribution in [0.1, 0.15) is 42.9 Å². The van der Waals surface area contributed by atoms with Crippen LogP contribution in [0.4, 0.5) is 0 Å². The first kappa shape index (κ1) is 15.7. The number of hydrogen-bond acceptors (Lipinski definition) is 2. The lowest BCUT2D eigenvalue weighted by Gasteiger charge is -2.10. The second-order valence-corrected chi connectivity index (χ2v) is 5.31. The normalized spacial score (nSPS) is 12.2. The number of benzene rings is 2. The molecule has 2 nitrogen and oxygen atoms in total. The molecule has 1 N–H and O–H groups in total. The molecule has 2 aromatic carbocycles. The van der Waals surface area contributed by atoms with E-state index in [1.165, 1.54) is 5.56 Å². The summed E-state index contributed by atoms with van der Waals surface area (Å²) in [5.41, 5.74) is 2.23. The summed E-state index contributed by atoms with van der Waals surface area (Å²) in [7, 11) is 0. The summed E-state index contributed by atoms with van der Waals surface area (Å²) in [6, 6.07) is 20.1. The minimum atomic E-state index is -0.337. The van der Waals surface area contributed by atoms with Crippen LogP contribution in [-0.2, 0) is 11.3 Å². The second-order valence-electron chi connectivity index (χ2n) is 5.31. The summed E-state index contributed by atoms with van der Waals surface area (Å²) in [6.07, 6.45) is 3.66. The topological polar surface area (TPSA) is 29.5 Å². The van der Waals surface area contributed by atoms with Gasteiger partial charge in [-0.15, -0.1) is 0 Å². The van der Waals surface area contributed by atoms with Crippen molar-refractivity contribution in [1.29, 1.82) is 0 Å². The minimum Gasteiger partial charge on any atom is -0.388 e. The monoisotopic (exact) mass is 284 g/mol. The third-order valence-electron chi connectivity index (χ3n) is 3.56. The second kappa shape index (κ2) is 9.32. The first-order valence-corrected chi connectivity index (χ1v) is 7.71. The van der Waals surface area contributed by atoms with Gasteiger partial charge in [-0.05, 0) is 24.0 Å². The van der Waals surface area contributed by atoms with E-state index in [1.807, 2.05) is 48.5 Å². The number of unbranched alkanes of at least 4 members (excludes halogenated alkanes) is 2. The van der Waals surface area contributed by atoms with Gasteiger partial charge in [-0.2, -0.15) is 0 Å². The Morgan fingerprint density at radius 1 is 0.810 bits per heavy atom. The van der Waals surface area contributed by atoms with Gasteiger partial charge in [0.2, 0.25) is 0 Å². The zero-order chi connectivity index (χ0) is 14.8. The molecule has 0 aromatic heterocycles. The minimum absolute atomic E-state index is 0.337. The van der Waals surface area contributed by atoms with Crippen LogP contribution in [-0.4, -0.2) is 11.7 Å². The average Bonchev–Trinajstić information content (AvgIpc) is 2.55. The van der Waals surface area contributed by atoms with Gasteiger partial charge in [0.15, 0.2) is 0 Å². The van der Waals surface area contributed by atoms with Gasteiger partial charge in [0, 0.05) is 6.61 Å². The van der Waals surface area contributed by atoms with E-state index in [2.05, 4.69) is 12.1 Å². The van der Waals surface area contributed by atoms with Crippen LogP contribution in [0.3, 0.4) is 0 Å². The Bertz CT molecular complexity index is 481. The zero-order valence-electron chi connectivity index (χ0n) is 12.4. The lowest BCUT2D eigenvalue weighted by Crippen LogP contribution is -1.98. The number of aliphatic hydroxyl groups is 1. The lowest BCUT2D eigenvalue weighted by molar-refractivity contribution is 0.114. The molecule has 21 heavy (non-hydrogen) atoms. The van der Waals surface area contributed by atoms with Gasteiger partial charge in [0.1, 0.15) is 0 Å². The molecule has 0 heterocycles. The van der Waals surface area contributed by atoms with Crippen molar-refractivity contribution < 1.29 is 9.84 Å². The molecule has 0 saturated carbocycles. The smallest absolute Gasteiger partial charge is 0.0790 e. The molecule has 112 valence electrons. The molecule has 0 fully saturated rings. The third kappa shape index (κ3) is 6.11. The Balaban J connectivity index is 1.50. The molecule has 1 unspecified atom stereocenters. The molecule has 0 spiro atoms. The van der Waals surface area contributed by atoms with Crippen LogP contribution in [0, 0.1) is 0 Å². The molecule has 0 amide bonds. The van der Waals surface area contributed by atoms with E-state index in [1.54, 1.807) is 0 Å². The average molecular weight is 284 g/mol. The van der Waals surface area contributed by atoms with E-state index in [-0.39, 0.29) is 6.10 Å². The first-order chi connectivity index (χ1) is 10.4. The van der Waals surface area contributed by atoms with E-state index in [0.29, 0.717) is 6.61 Å². The van der Waals surface area contributed by atoms with Crippen LogP contribution < -0.4 is 0 Å². The van der Waals surface area contributed by atoms with E-state index in [9.17, 15) is 5.11 Å². The van der Waals surface area contributed by atoms with Gasteiger partial charge in [0.05, 0.1) is 12.7 Å². The molecular weight excluding hydrogens is 260 g/mol. The standard InChI is InChI=1S/C19H24O2/c20-19(18-12-6-2-7-13-18)14-8-3-9-15-21-16-17-10-4-1-5-11-17/h1-2,4-7,10-13,19-20H,3,8-9,14-16H2. The fraction of sp³-hybridized carbons (Fsp3) is 0.368. The molecule has 2 rings (SSSR count). The molecular formula is C19H24O2. The highest BCUT2D eigenvalue weighted by molar-refractivity contribution is 5.17. The van der Waals surface area contributed by atoms with Gasteiger partial charge >= 0.3 is 0 Å². The van der Waals surface area contributed by atoms with Crippen molar-refractivity contribution in [1.82, 2.24) is 0 Å². The largest absolute Gasteiger partial charge is 0.388 e. The van der Waals surface area contributed by atoms with Gasteiger partial charge in [0.25, 0.3) is 0 Å². The van der Waals surface area contributed by atoms with E-state index in [0.717, 1.165) is 37.9 Å². The number of aliphatic hydroxyl groups excluding tert-OH is 1. The summed E-state index contributed by atoms with van der Waals surface area (Å²) >= 11 is 0. The highest BCUT2D eigenvalue weighted by atomic mass is 16.5. The zero-order valence-corrected chi connectivity index (χ0v) is 12.4. The molecule has 0 bridgehead atoms. The van der Waals surface area contributed by atoms with E-state index in [4.69, 9.17) is 4.74 Å². The molecule has 2 aromatic rings. The van der Waals surface area contributed by atoms with E-state index < -0.39 is 0 Å². The van der Waals surface area contributed by atoms with Crippen molar-refractivity contribution in [3.05, 3.63) is 71.8 Å². The predicted octanol–water partition coefficient (Wildman–Crippen LogP) is 4.50. The summed E-state index contributed by atoms with van der Waals surface area (Å²) in [5.74, 6) is 0. The maximum atomic E-state index is 10.0. The Morgan fingerprint density at radius 3 is 2.19 bits per heavy atom. The maximum absolute atomic E-state index is 10.0. The third-order valence-corrected chi connectivity index (χ3v) is 3.56. The van der Waals surface area contributed by atoms with Gasteiger partial charge in [-0.3, -0.25) is 0 Å². The molecule has 0 aliphatic rings. The Labute approximate surface area is 127 Å². The summed E-state index contributed by atoms with van der Waals surface area (Å²) in [5, 5.41) is 10.0. The van der Waals surface area contributed by atoms with Crippen LogP contribution >= 0.6 is 0 Å². The first-order valence-electron chi connectivity index (χ1n) is 7.71. The molecule has 0 aliphatic heterocycles. The SMILES string of the molecule is OC(CCCCCOCc1ccccc1)c1ccccc1. The molecule has 0 radical (unpaired) electrons. The van der Waals surface area contributed by atoms with E-state index >= 15 is 0 Å². The molecule has 0 aliphatic carbocycles. The highest BCUT2D eigenvalue weighted by Crippen LogP contribution is 2.19. The van der Waals surface area contributed by atoms with Crippen LogP contribution in [0.2, 0.25) is 0 Å². The van der Waals surface area contributed by atoms with Gasteiger partial charge in [-0.25, -0.2) is 0 Å². The Hall–Kier alpha value is -1.64. The molecule has 2 heteroatoms. The number of hydrogen-bond donors (Lipinski definition) is 1. The molecule has 1 atom stereocenters. The van der Waals surface area contributed by atoms with Crippen molar-refractivity contribution >= 4 is 0 Å². The maximum Gasteiger partial charge on any atom is 0.0790 e. The van der Waals surface area contributed by atoms with Crippen LogP contribution in [0.5, 0.6) is 0 Å². The lowest BCUT2D eigenvalue weighted by atomic mass is 10.0. The van der Waals surface area contributed by atoms with Gasteiger partial charge in [-0.1, -0.05) is 73.5 Å². The van der Waals surface area contributed by atoms with Crippen molar-refractivity contribution in [2.45, 2.75) is 38.4 Å². The van der Waals surface area contributed by atoms with Crippen molar-refractivity contribution in [2.75, 3.05) is 6.61 Å². The van der Waals surface area contributed by atoms with Crippen molar-refractivity contribution in [2.24, 2.45) is 0 Å².